The van der Waals surface area contributed by atoms with E-state index in [0.717, 1.165) is 71.7 Å². The van der Waals surface area contributed by atoms with Gasteiger partial charge in [0.2, 0.25) is 5.78 Å². The third kappa shape index (κ3) is 4.35. The molecule has 0 amide bonds. The summed E-state index contributed by atoms with van der Waals surface area (Å²) in [5.41, 5.74) is 7.13. The van der Waals surface area contributed by atoms with Gasteiger partial charge in [-0.1, -0.05) is 54.6 Å². The molecule has 7 rings (SSSR count). The van der Waals surface area contributed by atoms with Gasteiger partial charge in [0, 0.05) is 42.2 Å². The van der Waals surface area contributed by atoms with E-state index in [1.54, 1.807) is 12.3 Å². The predicted octanol–water partition coefficient (Wildman–Crippen LogP) is 6.46. The lowest BCUT2D eigenvalue weighted by Gasteiger charge is -2.31. The Hall–Kier alpha value is -4.36. The first-order valence-corrected chi connectivity index (χ1v) is 13.1. The zero-order valence-electron chi connectivity index (χ0n) is 20.9. The van der Waals surface area contributed by atoms with Crippen LogP contribution in [-0.4, -0.2) is 42.3 Å². The maximum atomic E-state index is 13.6. The molecular formula is C31H27FN6. The number of nitrogens with zero attached hydrogens (tertiary/aromatic N) is 5. The number of fused-ring (bicyclic) bond motifs is 2. The maximum Gasteiger partial charge on any atom is 0.234 e. The van der Waals surface area contributed by atoms with Crippen LogP contribution in [0.5, 0.6) is 0 Å². The van der Waals surface area contributed by atoms with Crippen molar-refractivity contribution in [2.24, 2.45) is 0 Å². The Kier molecular flexibility index (Phi) is 5.70. The summed E-state index contributed by atoms with van der Waals surface area (Å²) < 4.78 is 15.5. The fourth-order valence-electron chi connectivity index (χ4n) is 5.49. The van der Waals surface area contributed by atoms with Crippen molar-refractivity contribution in [3.8, 4) is 22.4 Å². The summed E-state index contributed by atoms with van der Waals surface area (Å²) in [5, 5.41) is 0. The zero-order valence-corrected chi connectivity index (χ0v) is 20.9. The van der Waals surface area contributed by atoms with Gasteiger partial charge in [-0.2, -0.15) is 0 Å². The second-order valence-electron chi connectivity index (χ2n) is 10.0. The molecule has 4 heterocycles. The summed E-state index contributed by atoms with van der Waals surface area (Å²) in [6, 6.07) is 23.9. The number of likely N-dealkylation sites (tertiary alicyclic amines) is 1. The Labute approximate surface area is 219 Å². The van der Waals surface area contributed by atoms with Crippen LogP contribution in [-0.2, 0) is 6.54 Å². The van der Waals surface area contributed by atoms with E-state index >= 15 is 0 Å². The Bertz CT molecular complexity index is 1710. The number of nitrogens with one attached hydrogen (secondary N) is 1. The molecule has 0 bridgehead atoms. The number of benzene rings is 3. The summed E-state index contributed by atoms with van der Waals surface area (Å²) >= 11 is 0. The zero-order chi connectivity index (χ0) is 25.5. The molecule has 1 aliphatic rings. The van der Waals surface area contributed by atoms with Gasteiger partial charge in [-0.3, -0.25) is 9.30 Å². The highest BCUT2D eigenvalue weighted by molar-refractivity contribution is 5.81. The molecule has 0 radical (unpaired) electrons. The molecule has 0 unspecified atom stereocenters. The third-order valence-electron chi connectivity index (χ3n) is 7.54. The fourth-order valence-corrected chi connectivity index (χ4v) is 5.49. The number of hydrogen-bond donors (Lipinski definition) is 1. The molecule has 1 saturated heterocycles. The lowest BCUT2D eigenvalue weighted by atomic mass is 9.95. The van der Waals surface area contributed by atoms with Gasteiger partial charge >= 0.3 is 0 Å². The molecule has 38 heavy (non-hydrogen) atoms. The van der Waals surface area contributed by atoms with E-state index in [4.69, 9.17) is 9.97 Å². The van der Waals surface area contributed by atoms with Crippen LogP contribution in [0.15, 0.2) is 91.4 Å². The minimum atomic E-state index is -0.234. The van der Waals surface area contributed by atoms with Gasteiger partial charge in [0.25, 0.3) is 0 Å². The molecule has 1 fully saturated rings. The topological polar surface area (TPSA) is 62.1 Å². The molecule has 6 aromatic rings. The molecule has 3 aromatic carbocycles. The maximum absolute atomic E-state index is 13.6. The van der Waals surface area contributed by atoms with E-state index in [-0.39, 0.29) is 5.82 Å². The van der Waals surface area contributed by atoms with Gasteiger partial charge in [0.05, 0.1) is 16.7 Å². The van der Waals surface area contributed by atoms with Crippen molar-refractivity contribution in [1.29, 1.82) is 0 Å². The normalized spacial score (nSPS) is 15.0. The number of hydrogen-bond acceptors (Lipinski definition) is 4. The molecule has 6 nitrogen and oxygen atoms in total. The van der Waals surface area contributed by atoms with E-state index in [1.807, 2.05) is 16.7 Å². The minimum absolute atomic E-state index is 0.234. The first kappa shape index (κ1) is 22.8. The molecule has 7 heteroatoms. The van der Waals surface area contributed by atoms with Crippen molar-refractivity contribution in [1.82, 2.24) is 29.2 Å². The largest absolute Gasteiger partial charge is 0.342 e. The molecule has 188 valence electrons. The number of halogens is 1. The SMILES string of the molecule is Fc1ccc2nc(C3CCN(Cc4ccc(-c5nc6nccn6cc5-c5ccccc5)cc4)CC3)[nH]c2c1. The third-order valence-corrected chi connectivity index (χ3v) is 7.54. The number of piperidine rings is 1. The van der Waals surface area contributed by atoms with Crippen molar-refractivity contribution in [2.45, 2.75) is 25.3 Å². The predicted molar refractivity (Wildman–Crippen MR) is 147 cm³/mol. The number of rotatable bonds is 5. The van der Waals surface area contributed by atoms with E-state index in [2.05, 4.69) is 69.6 Å². The Morgan fingerprint density at radius 3 is 2.53 bits per heavy atom. The van der Waals surface area contributed by atoms with Crippen LogP contribution in [0.3, 0.4) is 0 Å². The van der Waals surface area contributed by atoms with Crippen molar-refractivity contribution in [2.75, 3.05) is 13.1 Å². The number of aromatic nitrogens is 5. The Balaban J connectivity index is 1.06. The average Bonchev–Trinajstić information content (AvgIpc) is 3.60. The van der Waals surface area contributed by atoms with Crippen molar-refractivity contribution < 1.29 is 4.39 Å². The van der Waals surface area contributed by atoms with E-state index in [9.17, 15) is 4.39 Å². The standard InChI is InChI=1S/C31H27FN6/c32-25-10-11-27-28(18-25)35-30(34-27)24-12-15-37(16-13-24)19-21-6-8-23(9-7-21)29-26(22-4-2-1-3-5-22)20-38-17-14-33-31(38)36-29/h1-11,14,17-18,20,24H,12-13,15-16,19H2,(H,34,35). The summed E-state index contributed by atoms with van der Waals surface area (Å²) in [5.74, 6) is 1.82. The smallest absolute Gasteiger partial charge is 0.234 e. The first-order chi connectivity index (χ1) is 18.7. The van der Waals surface area contributed by atoms with Gasteiger partial charge < -0.3 is 4.98 Å². The molecule has 3 aromatic heterocycles. The van der Waals surface area contributed by atoms with Gasteiger partial charge in [0.1, 0.15) is 11.6 Å². The number of H-pyrrole nitrogens is 1. The van der Waals surface area contributed by atoms with Gasteiger partial charge in [-0.15, -0.1) is 0 Å². The fraction of sp³-hybridized carbons (Fsp3) is 0.194. The van der Waals surface area contributed by atoms with Crippen LogP contribution in [0, 0.1) is 5.82 Å². The first-order valence-electron chi connectivity index (χ1n) is 13.1. The summed E-state index contributed by atoms with van der Waals surface area (Å²) in [6.07, 6.45) is 7.89. The number of imidazole rings is 2. The lowest BCUT2D eigenvalue weighted by molar-refractivity contribution is 0.202. The van der Waals surface area contributed by atoms with Crippen LogP contribution in [0.1, 0.15) is 30.1 Å². The molecular weight excluding hydrogens is 475 g/mol. The van der Waals surface area contributed by atoms with E-state index in [1.165, 1.54) is 17.7 Å². The highest BCUT2D eigenvalue weighted by Gasteiger charge is 2.23. The summed E-state index contributed by atoms with van der Waals surface area (Å²) in [6.45, 7) is 2.93. The van der Waals surface area contributed by atoms with Gasteiger partial charge in [0.15, 0.2) is 0 Å². The lowest BCUT2D eigenvalue weighted by Crippen LogP contribution is -2.32. The van der Waals surface area contributed by atoms with Gasteiger partial charge in [-0.05, 0) is 55.3 Å². The highest BCUT2D eigenvalue weighted by Crippen LogP contribution is 2.32. The Morgan fingerprint density at radius 2 is 1.71 bits per heavy atom. The van der Waals surface area contributed by atoms with Crippen LogP contribution in [0.2, 0.25) is 0 Å². The summed E-state index contributed by atoms with van der Waals surface area (Å²) in [4.78, 5) is 19.8. The van der Waals surface area contributed by atoms with Crippen molar-refractivity contribution >= 4 is 16.8 Å². The van der Waals surface area contributed by atoms with Crippen LogP contribution in [0.4, 0.5) is 4.39 Å². The van der Waals surface area contributed by atoms with Crippen molar-refractivity contribution in [3.05, 3.63) is 109 Å². The average molecular weight is 503 g/mol. The molecule has 1 N–H and O–H groups in total. The second kappa shape index (κ2) is 9.50. The minimum Gasteiger partial charge on any atom is -0.342 e. The molecule has 0 aliphatic carbocycles. The molecule has 0 saturated carbocycles. The van der Waals surface area contributed by atoms with Crippen LogP contribution < -0.4 is 0 Å². The quantitative estimate of drug-likeness (QED) is 0.294. The molecule has 0 spiro atoms. The van der Waals surface area contributed by atoms with E-state index < -0.39 is 0 Å². The van der Waals surface area contributed by atoms with Gasteiger partial charge in [-0.25, -0.2) is 19.3 Å². The van der Waals surface area contributed by atoms with Crippen molar-refractivity contribution in [3.63, 3.8) is 0 Å². The molecule has 1 aliphatic heterocycles. The second-order valence-corrected chi connectivity index (χ2v) is 10.0. The number of aromatic amines is 1. The monoisotopic (exact) mass is 502 g/mol. The van der Waals surface area contributed by atoms with Crippen LogP contribution >= 0.6 is 0 Å². The van der Waals surface area contributed by atoms with Crippen LogP contribution in [0.25, 0.3) is 39.2 Å². The summed E-state index contributed by atoms with van der Waals surface area (Å²) in [7, 11) is 0. The van der Waals surface area contributed by atoms with E-state index in [0.29, 0.717) is 11.7 Å². The molecule has 0 atom stereocenters. The highest BCUT2D eigenvalue weighted by atomic mass is 19.1. The Morgan fingerprint density at radius 1 is 0.895 bits per heavy atom.